The maximum atomic E-state index is 5.15. The molecule has 0 radical (unpaired) electrons. The van der Waals surface area contributed by atoms with E-state index in [0.717, 1.165) is 49.9 Å². The maximum absolute atomic E-state index is 5.15. The molecule has 0 saturated heterocycles. The van der Waals surface area contributed by atoms with E-state index < -0.39 is 0 Å². The van der Waals surface area contributed by atoms with Gasteiger partial charge in [0.25, 0.3) is 0 Å². The zero-order valence-corrected chi connectivity index (χ0v) is 13.4. The van der Waals surface area contributed by atoms with E-state index in [-0.39, 0.29) is 5.41 Å². The van der Waals surface area contributed by atoms with Crippen LogP contribution in [0.1, 0.15) is 39.4 Å². The molecule has 0 aromatic carbocycles. The first-order valence-electron chi connectivity index (χ1n) is 7.29. The monoisotopic (exact) mass is 280 g/mol. The predicted octanol–water partition coefficient (Wildman–Crippen LogP) is 2.95. The summed E-state index contributed by atoms with van der Waals surface area (Å²) in [5.74, 6) is 2.63. The second-order valence-corrected chi connectivity index (χ2v) is 5.82. The highest BCUT2D eigenvalue weighted by Gasteiger charge is 2.17. The molecule has 0 aliphatic rings. The zero-order valence-electron chi connectivity index (χ0n) is 13.4. The van der Waals surface area contributed by atoms with E-state index in [9.17, 15) is 0 Å². The third-order valence-electron chi connectivity index (χ3n) is 3.23. The molecule has 5 heteroatoms. The van der Waals surface area contributed by atoms with Crippen molar-refractivity contribution >= 4 is 11.6 Å². The molecule has 0 spiro atoms. The van der Waals surface area contributed by atoms with Crippen LogP contribution in [0, 0.1) is 5.41 Å². The smallest absolute Gasteiger partial charge is 0.133 e. The van der Waals surface area contributed by atoms with Crippen LogP contribution < -0.4 is 10.6 Å². The molecule has 1 rings (SSSR count). The van der Waals surface area contributed by atoms with Crippen molar-refractivity contribution < 1.29 is 4.74 Å². The van der Waals surface area contributed by atoms with Crippen molar-refractivity contribution in [2.75, 3.05) is 37.9 Å². The minimum atomic E-state index is 0.172. The van der Waals surface area contributed by atoms with Gasteiger partial charge in [0.2, 0.25) is 0 Å². The van der Waals surface area contributed by atoms with E-state index >= 15 is 0 Å². The summed E-state index contributed by atoms with van der Waals surface area (Å²) in [7, 11) is 3.62. The van der Waals surface area contributed by atoms with Gasteiger partial charge in [-0.1, -0.05) is 20.8 Å². The van der Waals surface area contributed by atoms with Crippen molar-refractivity contribution in [2.45, 2.75) is 40.0 Å². The van der Waals surface area contributed by atoms with E-state index in [1.165, 1.54) is 0 Å². The molecule has 114 valence electrons. The van der Waals surface area contributed by atoms with Crippen LogP contribution >= 0.6 is 0 Å². The SMILES string of the molecule is CCCc1nc(NC)cc(NCC(C)(C)CCOC)n1. The third-order valence-corrected chi connectivity index (χ3v) is 3.23. The van der Waals surface area contributed by atoms with E-state index in [2.05, 4.69) is 41.4 Å². The Morgan fingerprint density at radius 3 is 2.55 bits per heavy atom. The summed E-state index contributed by atoms with van der Waals surface area (Å²) in [6.45, 7) is 8.23. The maximum Gasteiger partial charge on any atom is 0.133 e. The lowest BCUT2D eigenvalue weighted by Crippen LogP contribution is -2.25. The Morgan fingerprint density at radius 2 is 1.95 bits per heavy atom. The molecule has 0 saturated carbocycles. The van der Waals surface area contributed by atoms with Crippen molar-refractivity contribution in [3.8, 4) is 0 Å². The topological polar surface area (TPSA) is 59.1 Å². The van der Waals surface area contributed by atoms with Crippen molar-refractivity contribution in [3.05, 3.63) is 11.9 Å². The van der Waals surface area contributed by atoms with Crippen LogP contribution in [-0.2, 0) is 11.2 Å². The number of hydrogen-bond donors (Lipinski definition) is 2. The lowest BCUT2D eigenvalue weighted by atomic mass is 9.90. The lowest BCUT2D eigenvalue weighted by Gasteiger charge is -2.25. The van der Waals surface area contributed by atoms with Crippen LogP contribution in [-0.4, -0.2) is 37.3 Å². The van der Waals surface area contributed by atoms with Gasteiger partial charge in [-0.3, -0.25) is 0 Å². The number of ether oxygens (including phenoxy) is 1. The largest absolute Gasteiger partial charge is 0.385 e. The Balaban J connectivity index is 2.68. The lowest BCUT2D eigenvalue weighted by molar-refractivity contribution is 0.157. The number of aromatic nitrogens is 2. The fourth-order valence-electron chi connectivity index (χ4n) is 1.85. The molecule has 0 unspecified atom stereocenters. The molecule has 0 amide bonds. The number of hydrogen-bond acceptors (Lipinski definition) is 5. The van der Waals surface area contributed by atoms with Gasteiger partial charge in [0.05, 0.1) is 0 Å². The van der Waals surface area contributed by atoms with E-state index in [1.54, 1.807) is 7.11 Å². The quantitative estimate of drug-likeness (QED) is 0.728. The van der Waals surface area contributed by atoms with E-state index in [1.807, 2.05) is 13.1 Å². The summed E-state index contributed by atoms with van der Waals surface area (Å²) in [5.41, 5.74) is 0.172. The molecule has 1 aromatic rings. The van der Waals surface area contributed by atoms with Crippen LogP contribution in [0.2, 0.25) is 0 Å². The predicted molar refractivity (Wildman–Crippen MR) is 84.3 cm³/mol. The number of rotatable bonds is 9. The van der Waals surface area contributed by atoms with Crippen LogP contribution in [0.3, 0.4) is 0 Å². The van der Waals surface area contributed by atoms with Crippen molar-refractivity contribution in [2.24, 2.45) is 5.41 Å². The summed E-state index contributed by atoms with van der Waals surface area (Å²) in [6.07, 6.45) is 2.96. The average molecular weight is 280 g/mol. The fraction of sp³-hybridized carbons (Fsp3) is 0.733. The summed E-state index contributed by atoms with van der Waals surface area (Å²) in [4.78, 5) is 9.01. The first-order valence-corrected chi connectivity index (χ1v) is 7.29. The second-order valence-electron chi connectivity index (χ2n) is 5.82. The van der Waals surface area contributed by atoms with Gasteiger partial charge in [-0.05, 0) is 18.3 Å². The number of nitrogens with zero attached hydrogens (tertiary/aromatic N) is 2. The van der Waals surface area contributed by atoms with Crippen LogP contribution in [0.4, 0.5) is 11.6 Å². The molecule has 0 bridgehead atoms. The minimum Gasteiger partial charge on any atom is -0.385 e. The molecule has 0 fully saturated rings. The van der Waals surface area contributed by atoms with Gasteiger partial charge in [-0.2, -0.15) is 0 Å². The molecule has 2 N–H and O–H groups in total. The Bertz CT molecular complexity index is 407. The molecule has 0 aliphatic heterocycles. The molecule has 0 atom stereocenters. The standard InChI is InChI=1S/C15H28N4O/c1-6-7-12-18-13(16-4)10-14(19-12)17-11-15(2,3)8-9-20-5/h10H,6-9,11H2,1-5H3,(H2,16,17,18,19). The summed E-state index contributed by atoms with van der Waals surface area (Å²) in [6, 6.07) is 1.95. The summed E-state index contributed by atoms with van der Waals surface area (Å²) >= 11 is 0. The zero-order chi connectivity index (χ0) is 15.0. The molecular formula is C15H28N4O. The molecule has 1 aromatic heterocycles. The van der Waals surface area contributed by atoms with Crippen LogP contribution in [0.25, 0.3) is 0 Å². The molecule has 1 heterocycles. The highest BCUT2D eigenvalue weighted by molar-refractivity contribution is 5.47. The Morgan fingerprint density at radius 1 is 1.25 bits per heavy atom. The number of methoxy groups -OCH3 is 1. The number of aryl methyl sites for hydroxylation is 1. The van der Waals surface area contributed by atoms with Crippen LogP contribution in [0.5, 0.6) is 0 Å². The Kier molecular flexibility index (Phi) is 6.71. The Hall–Kier alpha value is -1.36. The van der Waals surface area contributed by atoms with Crippen LogP contribution in [0.15, 0.2) is 6.07 Å². The van der Waals surface area contributed by atoms with Crippen molar-refractivity contribution in [1.29, 1.82) is 0 Å². The fourth-order valence-corrected chi connectivity index (χ4v) is 1.85. The minimum absolute atomic E-state index is 0.172. The summed E-state index contributed by atoms with van der Waals surface area (Å²) < 4.78 is 5.15. The Labute approximate surface area is 122 Å². The second kappa shape index (κ2) is 8.04. The van der Waals surface area contributed by atoms with Gasteiger partial charge >= 0.3 is 0 Å². The first-order chi connectivity index (χ1) is 9.50. The van der Waals surface area contributed by atoms with Gasteiger partial charge in [0.15, 0.2) is 0 Å². The van der Waals surface area contributed by atoms with Crippen molar-refractivity contribution in [3.63, 3.8) is 0 Å². The molecule has 20 heavy (non-hydrogen) atoms. The third kappa shape index (κ3) is 5.74. The highest BCUT2D eigenvalue weighted by Crippen LogP contribution is 2.21. The highest BCUT2D eigenvalue weighted by atomic mass is 16.5. The van der Waals surface area contributed by atoms with Gasteiger partial charge in [0.1, 0.15) is 17.5 Å². The van der Waals surface area contributed by atoms with Gasteiger partial charge in [-0.25, -0.2) is 9.97 Å². The van der Waals surface area contributed by atoms with Gasteiger partial charge in [0, 0.05) is 39.8 Å². The summed E-state index contributed by atoms with van der Waals surface area (Å²) in [5, 5.41) is 6.51. The van der Waals surface area contributed by atoms with E-state index in [4.69, 9.17) is 4.74 Å². The van der Waals surface area contributed by atoms with Gasteiger partial charge < -0.3 is 15.4 Å². The normalized spacial score (nSPS) is 11.4. The molecule has 0 aliphatic carbocycles. The molecular weight excluding hydrogens is 252 g/mol. The van der Waals surface area contributed by atoms with E-state index in [0.29, 0.717) is 0 Å². The van der Waals surface area contributed by atoms with Crippen molar-refractivity contribution in [1.82, 2.24) is 9.97 Å². The first kappa shape index (κ1) is 16.7. The van der Waals surface area contributed by atoms with Gasteiger partial charge in [-0.15, -0.1) is 0 Å². The number of nitrogens with one attached hydrogen (secondary N) is 2. The average Bonchev–Trinajstić information content (AvgIpc) is 2.43. The number of anilines is 2. The molecule has 5 nitrogen and oxygen atoms in total.